The van der Waals surface area contributed by atoms with Gasteiger partial charge in [0.2, 0.25) is 5.91 Å². The third-order valence-corrected chi connectivity index (χ3v) is 4.35. The summed E-state index contributed by atoms with van der Waals surface area (Å²) in [4.78, 5) is 17.3. The maximum Gasteiger partial charge on any atom is 0.224 e. The zero-order chi connectivity index (χ0) is 16.6. The second kappa shape index (κ2) is 8.26. The van der Waals surface area contributed by atoms with Crippen LogP contribution in [0.25, 0.3) is 0 Å². The van der Waals surface area contributed by atoms with Crippen molar-refractivity contribution in [2.45, 2.75) is 19.3 Å². The van der Waals surface area contributed by atoms with Gasteiger partial charge in [-0.2, -0.15) is 0 Å². The van der Waals surface area contributed by atoms with Crippen LogP contribution in [0.2, 0.25) is 0 Å². The Hall–Kier alpha value is -2.66. The number of nitrogens with zero attached hydrogens (tertiary/aromatic N) is 1. The number of nitrogens with one attached hydrogen (secondary N) is 1. The molecule has 0 aliphatic rings. The highest BCUT2D eigenvalue weighted by Crippen LogP contribution is 2.23. The molecule has 0 saturated carbocycles. The number of aryl methyl sites for hydroxylation is 1. The summed E-state index contributed by atoms with van der Waals surface area (Å²) in [5.41, 5.74) is 0.739. The molecule has 1 amide bonds. The van der Waals surface area contributed by atoms with Crippen molar-refractivity contribution >= 4 is 22.9 Å². The number of rotatable bonds is 7. The first-order chi connectivity index (χ1) is 11.8. The molecule has 0 bridgehead atoms. The van der Waals surface area contributed by atoms with E-state index in [1.165, 1.54) is 4.88 Å². The van der Waals surface area contributed by atoms with Crippen molar-refractivity contribution in [2.75, 3.05) is 5.32 Å². The Morgan fingerprint density at radius 3 is 2.75 bits per heavy atom. The molecule has 0 spiro atoms. The zero-order valence-electron chi connectivity index (χ0n) is 13.1. The Balaban J connectivity index is 1.51. The van der Waals surface area contributed by atoms with Gasteiger partial charge in [0.1, 0.15) is 11.5 Å². The molecule has 1 N–H and O–H groups in total. The van der Waals surface area contributed by atoms with Crippen LogP contribution in [0.5, 0.6) is 11.5 Å². The number of pyridine rings is 1. The maximum atomic E-state index is 12.1. The van der Waals surface area contributed by atoms with Crippen LogP contribution in [0.3, 0.4) is 0 Å². The number of amides is 1. The van der Waals surface area contributed by atoms with E-state index in [4.69, 9.17) is 4.74 Å². The van der Waals surface area contributed by atoms with E-state index >= 15 is 0 Å². The predicted octanol–water partition coefficient (Wildman–Crippen LogP) is 4.90. The van der Waals surface area contributed by atoms with Crippen LogP contribution in [0.15, 0.2) is 66.3 Å². The van der Waals surface area contributed by atoms with Crippen LogP contribution >= 0.6 is 11.3 Å². The van der Waals surface area contributed by atoms with E-state index in [1.54, 1.807) is 35.9 Å². The molecule has 2 aromatic heterocycles. The molecule has 4 nitrogen and oxygen atoms in total. The van der Waals surface area contributed by atoms with Gasteiger partial charge < -0.3 is 10.1 Å². The number of aromatic nitrogens is 1. The molecule has 0 radical (unpaired) electrons. The number of hydrogen-bond acceptors (Lipinski definition) is 4. The molecule has 2 heterocycles. The molecule has 3 rings (SSSR count). The molecule has 0 atom stereocenters. The highest BCUT2D eigenvalue weighted by atomic mass is 32.1. The molecule has 0 aliphatic carbocycles. The molecule has 1 aromatic carbocycles. The Bertz CT molecular complexity index is 773. The van der Waals surface area contributed by atoms with Gasteiger partial charge in [-0.25, -0.2) is 0 Å². The lowest BCUT2D eigenvalue weighted by atomic mass is 10.2. The minimum atomic E-state index is 0.0209. The summed E-state index contributed by atoms with van der Waals surface area (Å²) in [7, 11) is 0. The fourth-order valence-electron chi connectivity index (χ4n) is 2.28. The van der Waals surface area contributed by atoms with Gasteiger partial charge in [0, 0.05) is 35.4 Å². The lowest BCUT2D eigenvalue weighted by Crippen LogP contribution is -2.11. The quantitative estimate of drug-likeness (QED) is 0.667. The van der Waals surface area contributed by atoms with Gasteiger partial charge in [-0.3, -0.25) is 9.78 Å². The first kappa shape index (κ1) is 16.2. The van der Waals surface area contributed by atoms with E-state index < -0.39 is 0 Å². The molecule has 0 unspecified atom stereocenters. The Labute approximate surface area is 145 Å². The number of thiophene rings is 1. The minimum Gasteiger partial charge on any atom is -0.457 e. The molecular formula is C19H18N2O2S. The van der Waals surface area contributed by atoms with Gasteiger partial charge in [-0.1, -0.05) is 12.1 Å². The molecule has 0 fully saturated rings. The standard InChI is InChI=1S/C19H18N2O2S/c22-19(8-2-6-18-7-3-13-24-18)21-15-4-1-5-17(14-15)23-16-9-11-20-12-10-16/h1,3-5,7,9-14H,2,6,8H2,(H,21,22). The molecular weight excluding hydrogens is 320 g/mol. The summed E-state index contributed by atoms with van der Waals surface area (Å²) >= 11 is 1.73. The first-order valence-corrected chi connectivity index (χ1v) is 8.68. The maximum absolute atomic E-state index is 12.1. The zero-order valence-corrected chi connectivity index (χ0v) is 14.0. The topological polar surface area (TPSA) is 51.2 Å². The Kier molecular flexibility index (Phi) is 5.58. The van der Waals surface area contributed by atoms with Crippen molar-refractivity contribution in [2.24, 2.45) is 0 Å². The second-order valence-electron chi connectivity index (χ2n) is 5.29. The van der Waals surface area contributed by atoms with Gasteiger partial charge in [0.25, 0.3) is 0 Å². The number of hydrogen-bond donors (Lipinski definition) is 1. The van der Waals surface area contributed by atoms with Crippen molar-refractivity contribution in [1.29, 1.82) is 0 Å². The van der Waals surface area contributed by atoms with E-state index in [0.29, 0.717) is 17.9 Å². The summed E-state index contributed by atoms with van der Waals surface area (Å²) in [6.45, 7) is 0. The van der Waals surface area contributed by atoms with E-state index in [-0.39, 0.29) is 5.91 Å². The largest absolute Gasteiger partial charge is 0.457 e. The summed E-state index contributed by atoms with van der Waals surface area (Å²) in [6, 6.07) is 15.1. The summed E-state index contributed by atoms with van der Waals surface area (Å²) in [5.74, 6) is 1.41. The predicted molar refractivity (Wildman–Crippen MR) is 96.6 cm³/mol. The fourth-order valence-corrected chi connectivity index (χ4v) is 3.03. The van der Waals surface area contributed by atoms with Crippen LogP contribution in [-0.4, -0.2) is 10.9 Å². The third kappa shape index (κ3) is 4.93. The van der Waals surface area contributed by atoms with Crippen molar-refractivity contribution in [1.82, 2.24) is 4.98 Å². The normalized spacial score (nSPS) is 10.3. The van der Waals surface area contributed by atoms with E-state index in [9.17, 15) is 4.79 Å². The van der Waals surface area contributed by atoms with Crippen molar-refractivity contribution in [3.63, 3.8) is 0 Å². The average Bonchev–Trinajstić information content (AvgIpc) is 3.09. The monoisotopic (exact) mass is 338 g/mol. The van der Waals surface area contributed by atoms with E-state index in [2.05, 4.69) is 21.7 Å². The number of carbonyl (C=O) groups is 1. The lowest BCUT2D eigenvalue weighted by Gasteiger charge is -2.09. The van der Waals surface area contributed by atoms with Gasteiger partial charge in [0.15, 0.2) is 0 Å². The van der Waals surface area contributed by atoms with Crippen LogP contribution in [0, 0.1) is 0 Å². The minimum absolute atomic E-state index is 0.0209. The second-order valence-corrected chi connectivity index (χ2v) is 6.33. The number of anilines is 1. The fraction of sp³-hybridized carbons (Fsp3) is 0.158. The number of carbonyl (C=O) groups excluding carboxylic acids is 1. The Morgan fingerprint density at radius 2 is 1.96 bits per heavy atom. The van der Waals surface area contributed by atoms with Crippen molar-refractivity contribution < 1.29 is 9.53 Å². The summed E-state index contributed by atoms with van der Waals surface area (Å²) in [5, 5.41) is 4.98. The highest BCUT2D eigenvalue weighted by Gasteiger charge is 2.05. The third-order valence-electron chi connectivity index (χ3n) is 3.41. The molecule has 24 heavy (non-hydrogen) atoms. The van der Waals surface area contributed by atoms with Crippen LogP contribution in [-0.2, 0) is 11.2 Å². The summed E-state index contributed by atoms with van der Waals surface area (Å²) in [6.07, 6.45) is 5.65. The number of ether oxygens (including phenoxy) is 1. The smallest absolute Gasteiger partial charge is 0.224 e. The molecule has 0 aliphatic heterocycles. The first-order valence-electron chi connectivity index (χ1n) is 7.80. The highest BCUT2D eigenvalue weighted by molar-refractivity contribution is 7.09. The molecule has 3 aromatic rings. The van der Waals surface area contributed by atoms with Gasteiger partial charge in [-0.15, -0.1) is 11.3 Å². The van der Waals surface area contributed by atoms with Crippen LogP contribution in [0.4, 0.5) is 5.69 Å². The van der Waals surface area contributed by atoms with Gasteiger partial charge in [-0.05, 0) is 48.6 Å². The van der Waals surface area contributed by atoms with Gasteiger partial charge in [0.05, 0.1) is 0 Å². The SMILES string of the molecule is O=C(CCCc1cccs1)Nc1cccc(Oc2ccncc2)c1. The van der Waals surface area contributed by atoms with E-state index in [0.717, 1.165) is 18.5 Å². The van der Waals surface area contributed by atoms with Crippen LogP contribution < -0.4 is 10.1 Å². The van der Waals surface area contributed by atoms with Crippen LogP contribution in [0.1, 0.15) is 17.7 Å². The molecule has 5 heteroatoms. The molecule has 0 saturated heterocycles. The Morgan fingerprint density at radius 1 is 1.08 bits per heavy atom. The van der Waals surface area contributed by atoms with Crippen molar-refractivity contribution in [3.8, 4) is 11.5 Å². The molecule has 122 valence electrons. The average molecular weight is 338 g/mol. The number of benzene rings is 1. The van der Waals surface area contributed by atoms with Crippen molar-refractivity contribution in [3.05, 3.63) is 71.2 Å². The summed E-state index contributed by atoms with van der Waals surface area (Å²) < 4.78 is 5.74. The van der Waals surface area contributed by atoms with Gasteiger partial charge >= 0.3 is 0 Å². The lowest BCUT2D eigenvalue weighted by molar-refractivity contribution is -0.116. The van der Waals surface area contributed by atoms with E-state index in [1.807, 2.05) is 30.3 Å².